The Balaban J connectivity index is 0.000000510. The topological polar surface area (TPSA) is 208 Å². The van der Waals surface area contributed by atoms with E-state index in [9.17, 15) is 28.8 Å². The number of nitrogens with zero attached hydrogens (tertiary/aromatic N) is 9. The molecule has 6 heterocycles. The molecule has 3 amide bonds. The maximum Gasteiger partial charge on any atom is 0.258 e. The number of fused-ring (bicyclic) bond motifs is 3. The minimum Gasteiger partial charge on any atom is -0.340 e. The highest BCUT2D eigenvalue weighted by atomic mass is 16.2. The molecule has 0 saturated carbocycles. The summed E-state index contributed by atoms with van der Waals surface area (Å²) in [6, 6.07) is 7.24. The normalized spacial score (nSPS) is 15.5. The third-order valence-corrected chi connectivity index (χ3v) is 12.3. The van der Waals surface area contributed by atoms with E-state index in [4.69, 9.17) is 0 Å². The molecule has 4 aromatic rings. The van der Waals surface area contributed by atoms with Gasteiger partial charge >= 0.3 is 0 Å². The zero-order valence-electron chi connectivity index (χ0n) is 45.0. The van der Waals surface area contributed by atoms with Crippen molar-refractivity contribution in [2.24, 2.45) is 0 Å². The number of likely N-dealkylation sites (N-methyl/N-ethyl adjacent to an activating group) is 3. The van der Waals surface area contributed by atoms with Gasteiger partial charge in [-0.05, 0) is 45.8 Å². The van der Waals surface area contributed by atoms with Crippen molar-refractivity contribution >= 4 is 66.0 Å². The van der Waals surface area contributed by atoms with E-state index < -0.39 is 0 Å². The number of allylic oxidation sites excluding steroid dienone is 2. The highest BCUT2D eigenvalue weighted by Crippen LogP contribution is 2.15. The molecule has 9 rings (SSSR count). The average Bonchev–Trinajstić information content (AvgIpc) is 4.08. The number of piperazine rings is 3. The summed E-state index contributed by atoms with van der Waals surface area (Å²) in [7, 11) is 6.19. The van der Waals surface area contributed by atoms with Crippen LogP contribution in [0.25, 0.3) is 23.1 Å². The summed E-state index contributed by atoms with van der Waals surface area (Å²) in [6.07, 6.45) is 11.5. The molecule has 9 radical (unpaired) electrons. The molecule has 3 aromatic heterocycles. The molecule has 0 unspecified atom stereocenters. The van der Waals surface area contributed by atoms with Gasteiger partial charge in [0.05, 0.1) is 27.9 Å². The van der Waals surface area contributed by atoms with Crippen LogP contribution in [0.5, 0.6) is 0 Å². The SMILES string of the molecule is CC.CC.CC.CN1CCN(C(=O)CCc2nc3c(c(=O)[nH]2)C=CC3)CC1.CN1CCN(C(=O)CCc2nc3c(c(=O)[nH]2)CC=C3)CC1.CN1CCN(C(=O)CCc2nc3ccccc3c(=O)[nH]2)CC1.[B].[B].[B]. The molecule has 0 atom stereocenters. The lowest BCUT2D eigenvalue weighted by Crippen LogP contribution is -2.47. The summed E-state index contributed by atoms with van der Waals surface area (Å²) < 4.78 is 0. The molecule has 21 heteroatoms. The first-order valence-corrected chi connectivity index (χ1v) is 25.3. The summed E-state index contributed by atoms with van der Waals surface area (Å²) >= 11 is 0. The number of nitrogens with one attached hydrogen (secondary N) is 3. The Bertz CT molecular complexity index is 2560. The Morgan fingerprint density at radius 2 is 0.890 bits per heavy atom. The fourth-order valence-electron chi connectivity index (χ4n) is 8.19. The largest absolute Gasteiger partial charge is 0.340 e. The predicted octanol–water partition coefficient (Wildman–Crippen LogP) is 2.66. The molecule has 0 spiro atoms. The molecule has 391 valence electrons. The average molecular weight is 1000 g/mol. The second kappa shape index (κ2) is 33.7. The van der Waals surface area contributed by atoms with Crippen molar-refractivity contribution in [1.82, 2.24) is 59.3 Å². The van der Waals surface area contributed by atoms with Crippen LogP contribution >= 0.6 is 0 Å². The number of H-pyrrole nitrogens is 3. The van der Waals surface area contributed by atoms with Crippen molar-refractivity contribution in [3.63, 3.8) is 0 Å². The molecule has 73 heavy (non-hydrogen) atoms. The number of aromatic nitrogens is 6. The summed E-state index contributed by atoms with van der Waals surface area (Å²) in [5.41, 5.74) is 3.30. The molecule has 1 aromatic carbocycles. The number of aryl methyl sites for hydroxylation is 3. The summed E-state index contributed by atoms with van der Waals surface area (Å²) in [6.45, 7) is 22.2. The van der Waals surface area contributed by atoms with Gasteiger partial charge in [-0.3, -0.25) is 28.8 Å². The second-order valence-corrected chi connectivity index (χ2v) is 17.0. The van der Waals surface area contributed by atoms with Gasteiger partial charge in [0.1, 0.15) is 17.5 Å². The van der Waals surface area contributed by atoms with Crippen molar-refractivity contribution in [1.29, 1.82) is 0 Å². The first-order chi connectivity index (χ1) is 33.9. The Morgan fingerprint density at radius 3 is 1.37 bits per heavy atom. The van der Waals surface area contributed by atoms with E-state index in [1.165, 1.54) is 0 Å². The number of benzene rings is 1. The first-order valence-electron chi connectivity index (χ1n) is 25.3. The second-order valence-electron chi connectivity index (χ2n) is 17.0. The van der Waals surface area contributed by atoms with Crippen LogP contribution in [0.3, 0.4) is 0 Å². The van der Waals surface area contributed by atoms with Gasteiger partial charge in [0.25, 0.3) is 16.7 Å². The number of carbonyl (C=O) groups is 3. The lowest BCUT2D eigenvalue weighted by molar-refractivity contribution is -0.133. The molecule has 3 fully saturated rings. The highest BCUT2D eigenvalue weighted by Gasteiger charge is 2.22. The van der Waals surface area contributed by atoms with E-state index in [0.717, 1.165) is 95.5 Å². The van der Waals surface area contributed by atoms with Crippen LogP contribution in [0.1, 0.15) is 101 Å². The zero-order chi connectivity index (χ0) is 51.2. The monoisotopic (exact) mass is 1000 g/mol. The van der Waals surface area contributed by atoms with E-state index in [1.54, 1.807) is 12.1 Å². The molecule has 3 N–H and O–H groups in total. The van der Waals surface area contributed by atoms with Gasteiger partial charge in [0.15, 0.2) is 0 Å². The molecule has 2 aliphatic carbocycles. The Hall–Kier alpha value is -5.92. The van der Waals surface area contributed by atoms with Gasteiger partial charge in [-0.25, -0.2) is 15.0 Å². The van der Waals surface area contributed by atoms with Crippen molar-refractivity contribution in [3.05, 3.63) is 107 Å². The smallest absolute Gasteiger partial charge is 0.258 e. The Kier molecular flexibility index (Phi) is 30.1. The van der Waals surface area contributed by atoms with E-state index in [0.29, 0.717) is 85.3 Å². The van der Waals surface area contributed by atoms with Gasteiger partial charge in [-0.1, -0.05) is 71.9 Å². The van der Waals surface area contributed by atoms with Crippen LogP contribution < -0.4 is 16.7 Å². The number of rotatable bonds is 9. The van der Waals surface area contributed by atoms with E-state index >= 15 is 0 Å². The van der Waals surface area contributed by atoms with Crippen LogP contribution in [0.2, 0.25) is 0 Å². The third-order valence-electron chi connectivity index (χ3n) is 12.3. The minimum atomic E-state index is -0.146. The van der Waals surface area contributed by atoms with Crippen molar-refractivity contribution < 1.29 is 14.4 Å². The fourth-order valence-corrected chi connectivity index (χ4v) is 8.19. The number of carbonyl (C=O) groups excluding carboxylic acids is 3. The molecule has 3 aliphatic heterocycles. The van der Waals surface area contributed by atoms with Crippen LogP contribution in [-0.2, 0) is 46.5 Å². The standard InChI is InChI=1S/C16H20N4O2.2C15H20N4O2.3C2H6.3B/c1-19-8-10-20(11-9-19)15(21)7-6-14-17-13-5-3-2-4-12(13)16(22)18-14;2*1-18-7-9-19(10-8-18)14(20)6-5-13-16-12-4-2-3-11(12)15(21)17-13;3*1-2;;;/h2-5H,6-11H2,1H3,(H,17,18,22);2,4H,3,5-10H2,1H3,(H,16,17,21);2-3H,4-10H2,1H3,(H,16,17,21);3*1-2H3;;;. The van der Waals surface area contributed by atoms with Crippen molar-refractivity contribution in [2.45, 2.75) is 92.9 Å². The van der Waals surface area contributed by atoms with Crippen LogP contribution in [-0.4, -0.2) is 202 Å². The minimum absolute atomic E-state index is 0. The maximum atomic E-state index is 12.2. The van der Waals surface area contributed by atoms with Gasteiger partial charge in [0.2, 0.25) is 17.7 Å². The maximum absolute atomic E-state index is 12.2. The molecular formula is C52H78B3N12O6. The quantitative estimate of drug-likeness (QED) is 0.207. The van der Waals surface area contributed by atoms with Crippen LogP contribution in [0, 0.1) is 0 Å². The summed E-state index contributed by atoms with van der Waals surface area (Å²) in [5.74, 6) is 2.21. The molecule has 3 saturated heterocycles. The Morgan fingerprint density at radius 1 is 0.493 bits per heavy atom. The van der Waals surface area contributed by atoms with Crippen LogP contribution in [0.15, 0.2) is 50.8 Å². The molecule has 18 nitrogen and oxygen atoms in total. The summed E-state index contributed by atoms with van der Waals surface area (Å²) in [5, 5.41) is 0.580. The van der Waals surface area contributed by atoms with E-state index in [1.807, 2.05) is 92.7 Å². The number of hydrogen-bond donors (Lipinski definition) is 3. The van der Waals surface area contributed by atoms with Crippen molar-refractivity contribution in [2.75, 3.05) is 99.7 Å². The number of aromatic amines is 3. The predicted molar refractivity (Wildman–Crippen MR) is 296 cm³/mol. The zero-order valence-corrected chi connectivity index (χ0v) is 45.0. The highest BCUT2D eigenvalue weighted by molar-refractivity contribution is 5.79. The fraction of sp³-hybridized carbons (Fsp3) is 0.558. The number of para-hydroxylation sites is 1. The van der Waals surface area contributed by atoms with Gasteiger partial charge in [0, 0.05) is 154 Å². The molecular weight excluding hydrogens is 921 g/mol. The number of hydrogen-bond acceptors (Lipinski definition) is 12. The van der Waals surface area contributed by atoms with Gasteiger partial charge < -0.3 is 44.4 Å². The van der Waals surface area contributed by atoms with Crippen molar-refractivity contribution in [3.8, 4) is 0 Å². The van der Waals surface area contributed by atoms with Gasteiger partial charge in [-0.2, -0.15) is 0 Å². The lowest BCUT2D eigenvalue weighted by Gasteiger charge is -2.32. The number of amides is 3. The first kappa shape index (κ1) is 65.1. The Labute approximate surface area is 438 Å². The van der Waals surface area contributed by atoms with Crippen LogP contribution in [0.4, 0.5) is 0 Å². The lowest BCUT2D eigenvalue weighted by atomic mass is 10.2. The third kappa shape index (κ3) is 19.5. The molecule has 5 aliphatic rings. The summed E-state index contributed by atoms with van der Waals surface area (Å²) in [4.78, 5) is 106. The van der Waals surface area contributed by atoms with E-state index in [-0.39, 0.29) is 59.6 Å². The van der Waals surface area contributed by atoms with Gasteiger partial charge in [-0.15, -0.1) is 0 Å². The molecule has 0 bridgehead atoms. The van der Waals surface area contributed by atoms with E-state index in [2.05, 4.69) is 65.7 Å².